The lowest BCUT2D eigenvalue weighted by Gasteiger charge is -2.51. The molecule has 0 N–H and O–H groups in total. The third-order valence-corrected chi connectivity index (χ3v) is 7.39. The first-order chi connectivity index (χ1) is 11.6. The number of carbonyl (C=O) groups is 2. The van der Waals surface area contributed by atoms with Crippen LogP contribution in [-0.2, 0) is 14.3 Å². The van der Waals surface area contributed by atoms with Crippen molar-refractivity contribution < 1.29 is 14.3 Å². The molecule has 2 heterocycles. The van der Waals surface area contributed by atoms with Crippen molar-refractivity contribution in [1.29, 1.82) is 0 Å². The largest absolute Gasteiger partial charge is 0.386 e. The second-order valence-electron chi connectivity index (χ2n) is 7.81. The summed E-state index contributed by atoms with van der Waals surface area (Å²) in [5, 5.41) is 3.25. The number of esters is 2. The third-order valence-electron chi connectivity index (χ3n) is 6.43. The van der Waals surface area contributed by atoms with E-state index in [-0.39, 0.29) is 0 Å². The van der Waals surface area contributed by atoms with E-state index in [9.17, 15) is 9.59 Å². The molecule has 0 radical (unpaired) electrons. The van der Waals surface area contributed by atoms with Crippen molar-refractivity contribution in [2.24, 2.45) is 23.7 Å². The molecule has 0 saturated heterocycles. The molecule has 0 atom stereocenters. The van der Waals surface area contributed by atoms with E-state index in [4.69, 9.17) is 0 Å². The smallest absolute Gasteiger partial charge is 0.346 e. The molecule has 4 fully saturated rings. The zero-order valence-electron chi connectivity index (χ0n) is 13.7. The van der Waals surface area contributed by atoms with Gasteiger partial charge in [-0.05, 0) is 90.5 Å². The lowest BCUT2D eigenvalue weighted by atomic mass is 9.54. The van der Waals surface area contributed by atoms with Crippen molar-refractivity contribution in [3.63, 3.8) is 0 Å². The van der Waals surface area contributed by atoms with Crippen molar-refractivity contribution in [1.82, 2.24) is 0 Å². The van der Waals surface area contributed by atoms with E-state index < -0.39 is 11.9 Å². The SMILES string of the molecule is C/C(C1=CC(=O)OC1=O)=c1\ccsc1=C1C2CC3CC(C2)CC1C3. The Bertz CT molecular complexity index is 872. The van der Waals surface area contributed by atoms with Crippen LogP contribution in [0.4, 0.5) is 0 Å². The molecule has 0 unspecified atom stereocenters. The van der Waals surface area contributed by atoms with Crippen molar-refractivity contribution in [2.75, 3.05) is 0 Å². The molecule has 5 aliphatic rings. The zero-order valence-corrected chi connectivity index (χ0v) is 14.5. The predicted octanol–water partition coefficient (Wildman–Crippen LogP) is 2.54. The molecule has 4 heteroatoms. The molecule has 4 aliphatic carbocycles. The second kappa shape index (κ2) is 5.16. The molecule has 1 aromatic heterocycles. The minimum atomic E-state index is -0.548. The van der Waals surface area contributed by atoms with Gasteiger partial charge in [-0.1, -0.05) is 0 Å². The van der Waals surface area contributed by atoms with Gasteiger partial charge in [-0.15, -0.1) is 11.3 Å². The monoisotopic (exact) mass is 340 g/mol. The Morgan fingerprint density at radius 2 is 1.75 bits per heavy atom. The molecule has 0 aromatic carbocycles. The maximum absolute atomic E-state index is 11.9. The summed E-state index contributed by atoms with van der Waals surface area (Å²) in [5.74, 6) is 2.29. The Labute approximate surface area is 144 Å². The summed E-state index contributed by atoms with van der Waals surface area (Å²) >= 11 is 1.80. The summed E-state index contributed by atoms with van der Waals surface area (Å²) in [4.78, 5) is 23.3. The number of cyclic esters (lactones) is 2. The Kier molecular flexibility index (Phi) is 3.15. The Hall–Kier alpha value is -1.68. The van der Waals surface area contributed by atoms with Gasteiger partial charge in [0.25, 0.3) is 0 Å². The van der Waals surface area contributed by atoms with Crippen molar-refractivity contribution in [3.8, 4) is 0 Å². The van der Waals surface area contributed by atoms with Gasteiger partial charge in [-0.3, -0.25) is 0 Å². The number of thiophene rings is 1. The van der Waals surface area contributed by atoms with Crippen molar-refractivity contribution in [3.05, 3.63) is 32.8 Å². The number of ether oxygens (including phenoxy) is 1. The average Bonchev–Trinajstić information content (AvgIpc) is 3.12. The maximum atomic E-state index is 11.9. The lowest BCUT2D eigenvalue weighted by Crippen LogP contribution is -2.43. The standard InChI is InChI=1S/C20H20O3S/c1-10(16-9-17(21)23-20(16)22)15-2-3-24-19(15)18-13-5-11-4-12(7-13)8-14(18)6-11/h2-3,9,11-14H,4-8H2,1H3/b15-10-,19-18?. The van der Waals surface area contributed by atoms with Crippen LogP contribution in [0.1, 0.15) is 39.0 Å². The van der Waals surface area contributed by atoms with Crippen LogP contribution in [0.3, 0.4) is 0 Å². The van der Waals surface area contributed by atoms with Gasteiger partial charge >= 0.3 is 11.9 Å². The van der Waals surface area contributed by atoms with Crippen LogP contribution in [-0.4, -0.2) is 11.9 Å². The van der Waals surface area contributed by atoms with Gasteiger partial charge < -0.3 is 4.74 Å². The molecule has 4 bridgehead atoms. The molecule has 24 heavy (non-hydrogen) atoms. The van der Waals surface area contributed by atoms with Crippen LogP contribution >= 0.6 is 11.3 Å². The van der Waals surface area contributed by atoms with Gasteiger partial charge in [0.2, 0.25) is 0 Å². The summed E-state index contributed by atoms with van der Waals surface area (Å²) in [6, 6.07) is 2.10. The summed E-state index contributed by atoms with van der Waals surface area (Å²) < 4.78 is 6.03. The molecule has 124 valence electrons. The minimum absolute atomic E-state index is 0.420. The first-order valence-corrected chi connectivity index (χ1v) is 9.75. The molecular weight excluding hydrogens is 320 g/mol. The van der Waals surface area contributed by atoms with Crippen molar-refractivity contribution in [2.45, 2.75) is 39.0 Å². The van der Waals surface area contributed by atoms with Gasteiger partial charge in [0, 0.05) is 10.6 Å². The molecule has 0 amide bonds. The van der Waals surface area contributed by atoms with Gasteiger partial charge in [0.15, 0.2) is 0 Å². The van der Waals surface area contributed by atoms with Gasteiger partial charge in [0.1, 0.15) is 0 Å². The van der Waals surface area contributed by atoms with Crippen molar-refractivity contribution >= 4 is 34.4 Å². The highest BCUT2D eigenvalue weighted by Crippen LogP contribution is 2.56. The first-order valence-electron chi connectivity index (χ1n) is 8.87. The van der Waals surface area contributed by atoms with E-state index in [1.807, 2.05) is 6.92 Å². The lowest BCUT2D eigenvalue weighted by molar-refractivity contribution is -0.150. The zero-order chi connectivity index (χ0) is 16.4. The molecule has 3 nitrogen and oxygen atoms in total. The van der Waals surface area contributed by atoms with Crippen LogP contribution < -0.4 is 9.75 Å². The van der Waals surface area contributed by atoms with E-state index in [1.54, 1.807) is 16.9 Å². The topological polar surface area (TPSA) is 43.4 Å². The fourth-order valence-electron chi connectivity index (χ4n) is 5.65. The number of hydrogen-bond acceptors (Lipinski definition) is 4. The number of carbonyl (C=O) groups excluding carboxylic acids is 2. The summed E-state index contributed by atoms with van der Waals surface area (Å²) in [6.07, 6.45) is 8.18. The molecular formula is C20H20O3S. The Balaban J connectivity index is 1.71. The molecule has 0 spiro atoms. The predicted molar refractivity (Wildman–Crippen MR) is 92.3 cm³/mol. The fourth-order valence-corrected chi connectivity index (χ4v) is 6.81. The van der Waals surface area contributed by atoms with E-state index in [0.717, 1.165) is 34.5 Å². The second-order valence-corrected chi connectivity index (χ2v) is 8.73. The number of hydrogen-bond donors (Lipinski definition) is 0. The van der Waals surface area contributed by atoms with E-state index >= 15 is 0 Å². The molecule has 1 aliphatic heterocycles. The Morgan fingerprint density at radius 3 is 2.33 bits per heavy atom. The van der Waals surface area contributed by atoms with Crippen LogP contribution in [0.15, 0.2) is 23.1 Å². The molecule has 6 rings (SSSR count). The van der Waals surface area contributed by atoms with Gasteiger partial charge in [-0.25, -0.2) is 9.59 Å². The van der Waals surface area contributed by atoms with Gasteiger partial charge in [-0.2, -0.15) is 0 Å². The summed E-state index contributed by atoms with van der Waals surface area (Å²) in [6.45, 7) is 1.94. The minimum Gasteiger partial charge on any atom is -0.386 e. The average molecular weight is 340 g/mol. The highest BCUT2D eigenvalue weighted by Gasteiger charge is 2.45. The molecule has 4 saturated carbocycles. The quantitative estimate of drug-likeness (QED) is 0.583. The van der Waals surface area contributed by atoms with E-state index in [1.165, 1.54) is 42.7 Å². The van der Waals surface area contributed by atoms with Crippen LogP contribution in [0, 0.1) is 23.7 Å². The van der Waals surface area contributed by atoms with E-state index in [0.29, 0.717) is 5.57 Å². The fraction of sp³-hybridized carbons (Fsp3) is 0.500. The maximum Gasteiger partial charge on any atom is 0.346 e. The van der Waals surface area contributed by atoms with Crippen LogP contribution in [0.25, 0.3) is 11.1 Å². The normalized spacial score (nSPS) is 35.4. The summed E-state index contributed by atoms with van der Waals surface area (Å²) in [5.41, 5.74) is 2.94. The highest BCUT2D eigenvalue weighted by atomic mass is 32.1. The molecule has 1 aromatic rings. The number of rotatable bonds is 1. The van der Waals surface area contributed by atoms with Gasteiger partial charge in [0.05, 0.1) is 5.57 Å². The summed E-state index contributed by atoms with van der Waals surface area (Å²) in [7, 11) is 0. The van der Waals surface area contributed by atoms with Crippen LogP contribution in [0.2, 0.25) is 0 Å². The van der Waals surface area contributed by atoms with E-state index in [2.05, 4.69) is 16.2 Å². The van der Waals surface area contributed by atoms with Crippen LogP contribution in [0.5, 0.6) is 0 Å². The third kappa shape index (κ3) is 2.08. The highest BCUT2D eigenvalue weighted by molar-refractivity contribution is 7.07. The first kappa shape index (κ1) is 14.6. The Morgan fingerprint density at radius 1 is 1.08 bits per heavy atom.